The fourth-order valence-electron chi connectivity index (χ4n) is 1.58. The molecule has 0 aliphatic carbocycles. The normalized spacial score (nSPS) is 21.1. The predicted octanol–water partition coefficient (Wildman–Crippen LogP) is 0.133. The van der Waals surface area contributed by atoms with E-state index in [1.165, 1.54) is 0 Å². The van der Waals surface area contributed by atoms with Crippen molar-refractivity contribution in [2.75, 3.05) is 11.1 Å². The lowest BCUT2D eigenvalue weighted by Crippen LogP contribution is -2.28. The first-order chi connectivity index (χ1) is 6.09. The van der Waals surface area contributed by atoms with Crippen LogP contribution in [-0.2, 0) is 18.3 Å². The van der Waals surface area contributed by atoms with E-state index in [4.69, 9.17) is 5.73 Å². The van der Waals surface area contributed by atoms with Crippen LogP contribution in [-0.4, -0.2) is 15.7 Å². The molecule has 1 aliphatic rings. The highest BCUT2D eigenvalue weighted by atomic mass is 16.2. The number of aryl methyl sites for hydroxylation is 1. The minimum atomic E-state index is -0.0148. The van der Waals surface area contributed by atoms with Gasteiger partial charge < -0.3 is 11.1 Å². The van der Waals surface area contributed by atoms with E-state index in [1.807, 2.05) is 6.92 Å². The van der Waals surface area contributed by atoms with Gasteiger partial charge in [-0.1, -0.05) is 6.92 Å². The Hall–Kier alpha value is -1.52. The van der Waals surface area contributed by atoms with Crippen molar-refractivity contribution in [3.8, 4) is 0 Å². The fraction of sp³-hybridized carbons (Fsp3) is 0.500. The van der Waals surface area contributed by atoms with Gasteiger partial charge in [-0.15, -0.1) is 0 Å². The summed E-state index contributed by atoms with van der Waals surface area (Å²) in [6.07, 6.45) is 0.681. The summed E-state index contributed by atoms with van der Waals surface area (Å²) < 4.78 is 1.61. The standard InChI is InChI=1S/C8H12N4O/c1-4-3-5-6(9)11-12(2)7(5)10-8(4)13/h4H,3H2,1-2H3,(H2,9,11)(H,10,13). The maximum absolute atomic E-state index is 11.3. The second-order valence-corrected chi connectivity index (χ2v) is 3.43. The lowest BCUT2D eigenvalue weighted by atomic mass is 9.98. The molecule has 0 saturated carbocycles. The maximum Gasteiger partial charge on any atom is 0.228 e. The highest BCUT2D eigenvalue weighted by molar-refractivity contribution is 5.95. The zero-order valence-electron chi connectivity index (χ0n) is 7.66. The molecule has 1 aliphatic heterocycles. The number of rotatable bonds is 0. The van der Waals surface area contributed by atoms with Crippen LogP contribution in [0.4, 0.5) is 11.6 Å². The molecule has 5 nitrogen and oxygen atoms in total. The van der Waals surface area contributed by atoms with E-state index in [2.05, 4.69) is 10.4 Å². The van der Waals surface area contributed by atoms with Gasteiger partial charge in [0.05, 0.1) is 0 Å². The topological polar surface area (TPSA) is 72.9 Å². The number of hydrogen-bond acceptors (Lipinski definition) is 3. The largest absolute Gasteiger partial charge is 0.382 e. The number of nitrogens with zero attached hydrogens (tertiary/aromatic N) is 2. The number of carbonyl (C=O) groups excluding carboxylic acids is 1. The highest BCUT2D eigenvalue weighted by Crippen LogP contribution is 2.28. The molecule has 0 aromatic carbocycles. The molecule has 3 N–H and O–H groups in total. The van der Waals surface area contributed by atoms with E-state index in [9.17, 15) is 4.79 Å². The van der Waals surface area contributed by atoms with Crippen LogP contribution in [0.3, 0.4) is 0 Å². The smallest absolute Gasteiger partial charge is 0.228 e. The van der Waals surface area contributed by atoms with Gasteiger partial charge in [-0.25, -0.2) is 0 Å². The number of hydrogen-bond donors (Lipinski definition) is 2. The van der Waals surface area contributed by atoms with Gasteiger partial charge in [0.15, 0.2) is 5.82 Å². The van der Waals surface area contributed by atoms with Gasteiger partial charge >= 0.3 is 0 Å². The number of fused-ring (bicyclic) bond motifs is 1. The number of aromatic nitrogens is 2. The van der Waals surface area contributed by atoms with E-state index in [0.717, 1.165) is 11.4 Å². The maximum atomic E-state index is 11.3. The molecule has 0 spiro atoms. The van der Waals surface area contributed by atoms with E-state index in [1.54, 1.807) is 11.7 Å². The number of nitrogen functional groups attached to an aromatic ring is 1. The summed E-state index contributed by atoms with van der Waals surface area (Å²) in [5.74, 6) is 1.28. The van der Waals surface area contributed by atoms with Gasteiger partial charge in [-0.2, -0.15) is 5.10 Å². The molecule has 0 saturated heterocycles. The first kappa shape index (κ1) is 8.10. The summed E-state index contributed by atoms with van der Waals surface area (Å²) >= 11 is 0. The molecule has 1 amide bonds. The molecular formula is C8H12N4O. The molecule has 0 bridgehead atoms. The third kappa shape index (κ3) is 1.07. The van der Waals surface area contributed by atoms with Crippen molar-refractivity contribution >= 4 is 17.5 Å². The van der Waals surface area contributed by atoms with E-state index in [0.29, 0.717) is 12.2 Å². The Morgan fingerprint density at radius 2 is 2.38 bits per heavy atom. The Morgan fingerprint density at radius 3 is 3.08 bits per heavy atom. The SMILES string of the molecule is CC1Cc2c(N)nn(C)c2NC1=O. The number of nitrogens with one attached hydrogen (secondary N) is 1. The van der Waals surface area contributed by atoms with Crippen LogP contribution in [0, 0.1) is 5.92 Å². The van der Waals surface area contributed by atoms with Crippen molar-refractivity contribution < 1.29 is 4.79 Å². The summed E-state index contributed by atoms with van der Waals surface area (Å²) in [5, 5.41) is 6.82. The van der Waals surface area contributed by atoms with Gasteiger partial charge in [-0.3, -0.25) is 9.48 Å². The molecule has 1 unspecified atom stereocenters. The van der Waals surface area contributed by atoms with Gasteiger partial charge in [-0.05, 0) is 6.42 Å². The molecule has 0 fully saturated rings. The summed E-state index contributed by atoms with van der Waals surface area (Å²) in [6, 6.07) is 0. The molecule has 1 aromatic rings. The van der Waals surface area contributed by atoms with Crippen molar-refractivity contribution in [1.29, 1.82) is 0 Å². The predicted molar refractivity (Wildman–Crippen MR) is 49.1 cm³/mol. The van der Waals surface area contributed by atoms with Crippen molar-refractivity contribution in [2.45, 2.75) is 13.3 Å². The summed E-state index contributed by atoms with van der Waals surface area (Å²) in [4.78, 5) is 11.3. The van der Waals surface area contributed by atoms with Crippen LogP contribution in [0.2, 0.25) is 0 Å². The third-order valence-corrected chi connectivity index (χ3v) is 2.38. The first-order valence-corrected chi connectivity index (χ1v) is 4.22. The molecule has 5 heteroatoms. The number of carbonyl (C=O) groups is 1. The summed E-state index contributed by atoms with van der Waals surface area (Å²) in [7, 11) is 1.77. The summed E-state index contributed by atoms with van der Waals surface area (Å²) in [6.45, 7) is 1.88. The van der Waals surface area contributed by atoms with Crippen LogP contribution in [0.5, 0.6) is 0 Å². The molecule has 0 radical (unpaired) electrons. The van der Waals surface area contributed by atoms with Gasteiger partial charge in [0.25, 0.3) is 0 Å². The van der Waals surface area contributed by atoms with E-state index in [-0.39, 0.29) is 11.8 Å². The van der Waals surface area contributed by atoms with Crippen LogP contribution < -0.4 is 11.1 Å². The Balaban J connectivity index is 2.50. The van der Waals surface area contributed by atoms with Crippen molar-refractivity contribution in [1.82, 2.24) is 9.78 Å². The zero-order chi connectivity index (χ0) is 9.59. The lowest BCUT2D eigenvalue weighted by Gasteiger charge is -2.18. The van der Waals surface area contributed by atoms with Crippen molar-refractivity contribution in [3.63, 3.8) is 0 Å². The Kier molecular flexibility index (Phi) is 1.55. The molecule has 2 rings (SSSR count). The lowest BCUT2D eigenvalue weighted by molar-refractivity contribution is -0.119. The van der Waals surface area contributed by atoms with E-state index < -0.39 is 0 Å². The molecule has 13 heavy (non-hydrogen) atoms. The minimum Gasteiger partial charge on any atom is -0.382 e. The third-order valence-electron chi connectivity index (χ3n) is 2.38. The van der Waals surface area contributed by atoms with Gasteiger partial charge in [0.1, 0.15) is 5.82 Å². The number of amides is 1. The number of nitrogens with two attached hydrogens (primary N) is 1. The monoisotopic (exact) mass is 180 g/mol. The zero-order valence-corrected chi connectivity index (χ0v) is 7.66. The second kappa shape index (κ2) is 2.48. The second-order valence-electron chi connectivity index (χ2n) is 3.43. The number of anilines is 2. The Bertz CT molecular complexity index is 368. The molecule has 2 heterocycles. The minimum absolute atomic E-state index is 0.0148. The van der Waals surface area contributed by atoms with Crippen molar-refractivity contribution in [3.05, 3.63) is 5.56 Å². The Morgan fingerprint density at radius 1 is 1.69 bits per heavy atom. The van der Waals surface area contributed by atoms with Crippen LogP contribution in [0.15, 0.2) is 0 Å². The molecule has 1 atom stereocenters. The summed E-state index contributed by atoms with van der Waals surface area (Å²) in [5.41, 5.74) is 6.64. The van der Waals surface area contributed by atoms with Crippen LogP contribution in [0.25, 0.3) is 0 Å². The molecule has 70 valence electrons. The average molecular weight is 180 g/mol. The van der Waals surface area contributed by atoms with Crippen LogP contribution >= 0.6 is 0 Å². The van der Waals surface area contributed by atoms with Gasteiger partial charge in [0.2, 0.25) is 5.91 Å². The Labute approximate surface area is 75.9 Å². The fourth-order valence-corrected chi connectivity index (χ4v) is 1.58. The highest BCUT2D eigenvalue weighted by Gasteiger charge is 2.27. The molecule has 1 aromatic heterocycles. The van der Waals surface area contributed by atoms with Gasteiger partial charge in [0, 0.05) is 18.5 Å². The van der Waals surface area contributed by atoms with E-state index >= 15 is 0 Å². The quantitative estimate of drug-likeness (QED) is 0.596. The molecular weight excluding hydrogens is 168 g/mol. The first-order valence-electron chi connectivity index (χ1n) is 4.22. The average Bonchev–Trinajstić information content (AvgIpc) is 2.31. The van der Waals surface area contributed by atoms with Crippen molar-refractivity contribution in [2.24, 2.45) is 13.0 Å². The van der Waals surface area contributed by atoms with Crippen LogP contribution in [0.1, 0.15) is 12.5 Å².